The van der Waals surface area contributed by atoms with E-state index in [2.05, 4.69) is 34.6 Å². The molecule has 1 aromatic heterocycles. The Hall–Kier alpha value is -1.28. The normalized spacial score (nSPS) is 37.4. The van der Waals surface area contributed by atoms with Gasteiger partial charge in [-0.05, 0) is 85.4 Å². The summed E-state index contributed by atoms with van der Waals surface area (Å²) >= 11 is 0. The van der Waals surface area contributed by atoms with Crippen molar-refractivity contribution >= 4 is 10.9 Å². The highest BCUT2D eigenvalue weighted by Gasteiger charge is 2.50. The summed E-state index contributed by atoms with van der Waals surface area (Å²) in [4.78, 5) is 3.28. The van der Waals surface area contributed by atoms with Gasteiger partial charge in [-0.25, -0.2) is 0 Å². The molecule has 21 heavy (non-hydrogen) atoms. The fraction of sp³-hybridized carbons (Fsp3) is 0.579. The van der Waals surface area contributed by atoms with E-state index < -0.39 is 0 Å². The molecule has 4 aliphatic rings. The Morgan fingerprint density at radius 1 is 1.00 bits per heavy atom. The summed E-state index contributed by atoms with van der Waals surface area (Å²) in [5.41, 5.74) is 3.15. The molecule has 110 valence electrons. The first-order chi connectivity index (χ1) is 10.3. The molecular formula is C19H24N2. The summed E-state index contributed by atoms with van der Waals surface area (Å²) in [7, 11) is 0. The topological polar surface area (TPSA) is 27.8 Å². The molecule has 2 heteroatoms. The summed E-state index contributed by atoms with van der Waals surface area (Å²) in [6.07, 6.45) is 10.9. The van der Waals surface area contributed by atoms with Gasteiger partial charge in [-0.1, -0.05) is 6.07 Å². The van der Waals surface area contributed by atoms with E-state index in [-0.39, 0.29) is 0 Å². The van der Waals surface area contributed by atoms with Crippen LogP contribution in [0.15, 0.2) is 30.5 Å². The highest BCUT2D eigenvalue weighted by atomic mass is 15.0. The van der Waals surface area contributed by atoms with Gasteiger partial charge in [0.1, 0.15) is 0 Å². The van der Waals surface area contributed by atoms with Crippen molar-refractivity contribution in [1.82, 2.24) is 10.3 Å². The van der Waals surface area contributed by atoms with Crippen LogP contribution in [-0.2, 0) is 6.54 Å². The van der Waals surface area contributed by atoms with Crippen molar-refractivity contribution in [3.05, 3.63) is 36.0 Å². The van der Waals surface area contributed by atoms with Gasteiger partial charge in [-0.2, -0.15) is 0 Å². The molecule has 2 aromatic rings. The highest BCUT2D eigenvalue weighted by molar-refractivity contribution is 5.79. The number of H-pyrrole nitrogens is 1. The van der Waals surface area contributed by atoms with Gasteiger partial charge in [-0.15, -0.1) is 0 Å². The van der Waals surface area contributed by atoms with Crippen LogP contribution in [0.3, 0.4) is 0 Å². The Labute approximate surface area is 126 Å². The second-order valence-electron chi connectivity index (χ2n) is 7.95. The van der Waals surface area contributed by atoms with Crippen LogP contribution in [0.1, 0.15) is 44.1 Å². The lowest BCUT2D eigenvalue weighted by Crippen LogP contribution is -2.58. The smallest absolute Gasteiger partial charge is 0.0454 e. The summed E-state index contributed by atoms with van der Waals surface area (Å²) in [5.74, 6) is 3.07. The summed E-state index contributed by atoms with van der Waals surface area (Å²) in [5, 5.41) is 5.32. The molecule has 6 rings (SSSR count). The van der Waals surface area contributed by atoms with Gasteiger partial charge in [-0.3, -0.25) is 0 Å². The molecule has 0 radical (unpaired) electrons. The van der Waals surface area contributed by atoms with E-state index >= 15 is 0 Å². The van der Waals surface area contributed by atoms with E-state index in [4.69, 9.17) is 0 Å². The lowest BCUT2D eigenvalue weighted by molar-refractivity contribution is -0.0205. The number of fused-ring (bicyclic) bond motifs is 1. The average Bonchev–Trinajstić information content (AvgIpc) is 2.91. The summed E-state index contributed by atoms with van der Waals surface area (Å²) < 4.78 is 0. The van der Waals surface area contributed by atoms with Gasteiger partial charge >= 0.3 is 0 Å². The quantitative estimate of drug-likeness (QED) is 0.865. The zero-order chi connectivity index (χ0) is 13.9. The fourth-order valence-electron chi connectivity index (χ4n) is 5.83. The standard InChI is InChI=1S/C19H24N2/c1-2-18-17(3-4-20-18)8-13(1)12-21-19-9-14-5-15(10-19)7-16(6-14)11-19/h1-4,8,14-16,20-21H,5-7,9-12H2. The first kappa shape index (κ1) is 12.3. The van der Waals surface area contributed by atoms with Crippen molar-refractivity contribution in [2.24, 2.45) is 17.8 Å². The Morgan fingerprint density at radius 2 is 1.71 bits per heavy atom. The summed E-state index contributed by atoms with van der Waals surface area (Å²) in [6.45, 7) is 1.03. The van der Waals surface area contributed by atoms with Crippen molar-refractivity contribution in [2.45, 2.75) is 50.6 Å². The zero-order valence-electron chi connectivity index (χ0n) is 12.6. The fourth-order valence-corrected chi connectivity index (χ4v) is 5.83. The molecule has 4 saturated carbocycles. The number of benzene rings is 1. The van der Waals surface area contributed by atoms with Crippen LogP contribution >= 0.6 is 0 Å². The molecule has 0 unspecified atom stereocenters. The van der Waals surface area contributed by atoms with Crippen molar-refractivity contribution in [1.29, 1.82) is 0 Å². The molecule has 0 saturated heterocycles. The van der Waals surface area contributed by atoms with Gasteiger partial charge in [0.25, 0.3) is 0 Å². The number of hydrogen-bond donors (Lipinski definition) is 2. The average molecular weight is 280 g/mol. The minimum absolute atomic E-state index is 0.474. The SMILES string of the molecule is c1cc2cc(CNC34CC5CC(CC(C5)C3)C4)ccc2[nH]1. The third-order valence-electron chi connectivity index (χ3n) is 6.32. The molecule has 2 N–H and O–H groups in total. The van der Waals surface area contributed by atoms with Crippen LogP contribution in [0.5, 0.6) is 0 Å². The second-order valence-corrected chi connectivity index (χ2v) is 7.95. The Morgan fingerprint density at radius 3 is 2.43 bits per heavy atom. The molecular weight excluding hydrogens is 256 g/mol. The molecule has 0 aliphatic heterocycles. The molecule has 0 atom stereocenters. The maximum atomic E-state index is 3.99. The van der Waals surface area contributed by atoms with Gasteiger partial charge in [0.15, 0.2) is 0 Å². The molecule has 0 spiro atoms. The zero-order valence-corrected chi connectivity index (χ0v) is 12.6. The van der Waals surface area contributed by atoms with Crippen molar-refractivity contribution < 1.29 is 0 Å². The predicted molar refractivity (Wildman–Crippen MR) is 86.0 cm³/mol. The molecule has 1 aromatic carbocycles. The van der Waals surface area contributed by atoms with Gasteiger partial charge in [0.2, 0.25) is 0 Å². The molecule has 2 nitrogen and oxygen atoms in total. The number of nitrogens with one attached hydrogen (secondary N) is 2. The van der Waals surface area contributed by atoms with Gasteiger partial charge < -0.3 is 10.3 Å². The minimum Gasteiger partial charge on any atom is -0.361 e. The van der Waals surface area contributed by atoms with Crippen LogP contribution in [0.2, 0.25) is 0 Å². The van der Waals surface area contributed by atoms with Crippen molar-refractivity contribution in [2.75, 3.05) is 0 Å². The molecule has 0 amide bonds. The van der Waals surface area contributed by atoms with Gasteiger partial charge in [0.05, 0.1) is 0 Å². The van der Waals surface area contributed by atoms with E-state index in [9.17, 15) is 0 Å². The molecule has 4 bridgehead atoms. The first-order valence-corrected chi connectivity index (χ1v) is 8.59. The maximum absolute atomic E-state index is 3.99. The minimum atomic E-state index is 0.474. The predicted octanol–water partition coefficient (Wildman–Crippen LogP) is 4.23. The lowest BCUT2D eigenvalue weighted by atomic mass is 9.53. The second kappa shape index (κ2) is 4.36. The van der Waals surface area contributed by atoms with E-state index in [1.165, 1.54) is 55.0 Å². The number of rotatable bonds is 3. The third kappa shape index (κ3) is 2.03. The van der Waals surface area contributed by atoms with Crippen LogP contribution in [0.4, 0.5) is 0 Å². The van der Waals surface area contributed by atoms with Crippen molar-refractivity contribution in [3.63, 3.8) is 0 Å². The Bertz CT molecular complexity index is 634. The summed E-state index contributed by atoms with van der Waals surface area (Å²) in [6, 6.07) is 8.99. The van der Waals surface area contributed by atoms with E-state index in [1.807, 2.05) is 6.20 Å². The highest BCUT2D eigenvalue weighted by Crippen LogP contribution is 2.55. The van der Waals surface area contributed by atoms with Crippen LogP contribution in [0, 0.1) is 17.8 Å². The van der Waals surface area contributed by atoms with E-state index in [0.29, 0.717) is 5.54 Å². The Balaban J connectivity index is 1.35. The maximum Gasteiger partial charge on any atom is 0.0454 e. The third-order valence-corrected chi connectivity index (χ3v) is 6.32. The molecule has 1 heterocycles. The van der Waals surface area contributed by atoms with Crippen molar-refractivity contribution in [3.8, 4) is 0 Å². The monoisotopic (exact) mass is 280 g/mol. The lowest BCUT2D eigenvalue weighted by Gasteiger charge is -2.57. The number of aromatic nitrogens is 1. The largest absolute Gasteiger partial charge is 0.361 e. The van der Waals surface area contributed by atoms with E-state index in [0.717, 1.165) is 24.3 Å². The van der Waals surface area contributed by atoms with Crippen LogP contribution in [0.25, 0.3) is 10.9 Å². The molecule has 4 fully saturated rings. The van der Waals surface area contributed by atoms with Crippen LogP contribution < -0.4 is 5.32 Å². The van der Waals surface area contributed by atoms with Gasteiger partial charge in [0, 0.05) is 23.8 Å². The number of hydrogen-bond acceptors (Lipinski definition) is 1. The number of aromatic amines is 1. The Kier molecular flexibility index (Phi) is 2.55. The van der Waals surface area contributed by atoms with E-state index in [1.54, 1.807) is 0 Å². The first-order valence-electron chi connectivity index (χ1n) is 8.59. The molecule has 4 aliphatic carbocycles. The van der Waals surface area contributed by atoms with Crippen LogP contribution in [-0.4, -0.2) is 10.5 Å².